The van der Waals surface area contributed by atoms with E-state index in [-0.39, 0.29) is 0 Å². The summed E-state index contributed by atoms with van der Waals surface area (Å²) in [6.45, 7) is 5.13. The van der Waals surface area contributed by atoms with Gasteiger partial charge in [0, 0.05) is 13.2 Å². The van der Waals surface area contributed by atoms with E-state index in [1.807, 2.05) is 35.0 Å². The Morgan fingerprint density at radius 2 is 2.13 bits per heavy atom. The van der Waals surface area contributed by atoms with Crippen LogP contribution in [0.5, 0.6) is 0 Å². The van der Waals surface area contributed by atoms with Crippen molar-refractivity contribution < 1.29 is 0 Å². The summed E-state index contributed by atoms with van der Waals surface area (Å²) in [5, 5.41) is 4.33. The van der Waals surface area contributed by atoms with Gasteiger partial charge in [-0.05, 0) is 11.5 Å². The zero-order valence-corrected chi connectivity index (χ0v) is 9.38. The first kappa shape index (κ1) is 9.96. The molecule has 0 aliphatic rings. The quantitative estimate of drug-likeness (QED) is 0.764. The highest BCUT2D eigenvalue weighted by atomic mass is 15.3. The highest BCUT2D eigenvalue weighted by molar-refractivity contribution is 5.10. The van der Waals surface area contributed by atoms with Crippen LogP contribution in [0.2, 0.25) is 0 Å². The van der Waals surface area contributed by atoms with Crippen molar-refractivity contribution in [2.24, 2.45) is 7.05 Å². The molecule has 0 spiro atoms. The number of aromatic nitrogens is 4. The average molecular weight is 204 g/mol. The topological polar surface area (TPSA) is 35.6 Å². The van der Waals surface area contributed by atoms with Gasteiger partial charge in [-0.1, -0.05) is 13.8 Å². The van der Waals surface area contributed by atoms with Crippen molar-refractivity contribution in [3.8, 4) is 0 Å². The third kappa shape index (κ3) is 2.09. The van der Waals surface area contributed by atoms with Crippen molar-refractivity contribution >= 4 is 0 Å². The van der Waals surface area contributed by atoms with Gasteiger partial charge in [-0.15, -0.1) is 0 Å². The van der Waals surface area contributed by atoms with Gasteiger partial charge in [0.25, 0.3) is 0 Å². The van der Waals surface area contributed by atoms with Gasteiger partial charge in [-0.3, -0.25) is 4.68 Å². The van der Waals surface area contributed by atoms with E-state index < -0.39 is 0 Å². The maximum Gasteiger partial charge on any atom is 0.0946 e. The zero-order valence-electron chi connectivity index (χ0n) is 9.38. The van der Waals surface area contributed by atoms with Crippen molar-refractivity contribution in [1.82, 2.24) is 19.3 Å². The van der Waals surface area contributed by atoms with Gasteiger partial charge in [0.05, 0.1) is 31.0 Å². The molecule has 2 aromatic heterocycles. The van der Waals surface area contributed by atoms with Gasteiger partial charge < -0.3 is 4.57 Å². The Morgan fingerprint density at radius 1 is 1.33 bits per heavy atom. The van der Waals surface area contributed by atoms with Crippen LogP contribution in [0.25, 0.3) is 0 Å². The Kier molecular flexibility index (Phi) is 2.58. The van der Waals surface area contributed by atoms with E-state index in [2.05, 4.69) is 30.1 Å². The molecule has 0 radical (unpaired) electrons. The number of hydrogen-bond acceptors (Lipinski definition) is 2. The Labute approximate surface area is 89.6 Å². The molecular formula is C11H16N4. The molecule has 0 aromatic carbocycles. The summed E-state index contributed by atoms with van der Waals surface area (Å²) >= 11 is 0. The third-order valence-electron chi connectivity index (χ3n) is 2.56. The smallest absolute Gasteiger partial charge is 0.0946 e. The van der Waals surface area contributed by atoms with Crippen molar-refractivity contribution in [3.05, 3.63) is 36.2 Å². The van der Waals surface area contributed by atoms with Crippen LogP contribution in [0.4, 0.5) is 0 Å². The Hall–Kier alpha value is -1.58. The molecule has 0 aliphatic heterocycles. The minimum absolute atomic E-state index is 0.533. The number of nitrogens with zero attached hydrogens (tertiary/aromatic N) is 4. The van der Waals surface area contributed by atoms with Crippen LogP contribution in [-0.4, -0.2) is 19.3 Å². The summed E-state index contributed by atoms with van der Waals surface area (Å²) in [4.78, 5) is 4.08. The normalized spacial score (nSPS) is 11.2. The SMILES string of the molecule is CC(C)c1cnn(Cc2cncn2C)c1. The van der Waals surface area contributed by atoms with Gasteiger partial charge in [-0.25, -0.2) is 4.98 Å². The summed E-state index contributed by atoms with van der Waals surface area (Å²) < 4.78 is 3.96. The molecule has 0 saturated carbocycles. The van der Waals surface area contributed by atoms with Crippen LogP contribution in [-0.2, 0) is 13.6 Å². The van der Waals surface area contributed by atoms with Gasteiger partial charge in [0.2, 0.25) is 0 Å². The number of aryl methyl sites for hydroxylation is 1. The summed E-state index contributed by atoms with van der Waals surface area (Å²) in [6.07, 6.45) is 7.71. The second-order valence-electron chi connectivity index (χ2n) is 4.12. The minimum atomic E-state index is 0.533. The zero-order chi connectivity index (χ0) is 10.8. The minimum Gasteiger partial charge on any atom is -0.336 e. The van der Waals surface area contributed by atoms with Crippen molar-refractivity contribution in [3.63, 3.8) is 0 Å². The van der Waals surface area contributed by atoms with Crippen molar-refractivity contribution in [2.45, 2.75) is 26.3 Å². The van der Waals surface area contributed by atoms with Gasteiger partial charge in [0.1, 0.15) is 0 Å². The predicted octanol–water partition coefficient (Wildman–Crippen LogP) is 1.79. The average Bonchev–Trinajstić information content (AvgIpc) is 2.77. The molecule has 2 rings (SSSR count). The van der Waals surface area contributed by atoms with Crippen LogP contribution >= 0.6 is 0 Å². The van der Waals surface area contributed by atoms with Gasteiger partial charge >= 0.3 is 0 Å². The first-order chi connectivity index (χ1) is 7.16. The predicted molar refractivity (Wildman–Crippen MR) is 58.6 cm³/mol. The molecule has 80 valence electrons. The summed E-state index contributed by atoms with van der Waals surface area (Å²) in [5.41, 5.74) is 2.44. The van der Waals surface area contributed by atoms with Crippen LogP contribution < -0.4 is 0 Å². The number of imidazole rings is 1. The lowest BCUT2D eigenvalue weighted by Crippen LogP contribution is -2.04. The highest BCUT2D eigenvalue weighted by Crippen LogP contribution is 2.12. The molecule has 4 nitrogen and oxygen atoms in total. The number of hydrogen-bond donors (Lipinski definition) is 0. The second-order valence-corrected chi connectivity index (χ2v) is 4.12. The van der Waals surface area contributed by atoms with Crippen molar-refractivity contribution in [2.75, 3.05) is 0 Å². The first-order valence-corrected chi connectivity index (χ1v) is 5.14. The Bertz CT molecular complexity index is 439. The van der Waals surface area contributed by atoms with E-state index in [4.69, 9.17) is 0 Å². The van der Waals surface area contributed by atoms with E-state index in [9.17, 15) is 0 Å². The lowest BCUT2D eigenvalue weighted by molar-refractivity contribution is 0.647. The highest BCUT2D eigenvalue weighted by Gasteiger charge is 2.04. The maximum atomic E-state index is 4.33. The molecule has 0 bridgehead atoms. The van der Waals surface area contributed by atoms with Crippen LogP contribution in [0.15, 0.2) is 24.9 Å². The van der Waals surface area contributed by atoms with Crippen LogP contribution in [0.3, 0.4) is 0 Å². The summed E-state index contributed by atoms with van der Waals surface area (Å²) in [6, 6.07) is 0. The monoisotopic (exact) mass is 204 g/mol. The van der Waals surface area contributed by atoms with E-state index in [1.165, 1.54) is 5.56 Å². The molecule has 2 aromatic rings. The molecule has 0 amide bonds. The van der Waals surface area contributed by atoms with E-state index >= 15 is 0 Å². The molecule has 0 unspecified atom stereocenters. The number of rotatable bonds is 3. The third-order valence-corrected chi connectivity index (χ3v) is 2.56. The molecule has 0 aliphatic carbocycles. The fourth-order valence-corrected chi connectivity index (χ4v) is 1.47. The van der Waals surface area contributed by atoms with E-state index in [0.29, 0.717) is 5.92 Å². The summed E-state index contributed by atoms with van der Waals surface area (Å²) in [7, 11) is 2.00. The Morgan fingerprint density at radius 3 is 2.67 bits per heavy atom. The molecular weight excluding hydrogens is 188 g/mol. The maximum absolute atomic E-state index is 4.33. The fraction of sp³-hybridized carbons (Fsp3) is 0.455. The van der Waals surface area contributed by atoms with E-state index in [1.54, 1.807) is 0 Å². The molecule has 0 atom stereocenters. The molecule has 0 saturated heterocycles. The van der Waals surface area contributed by atoms with Crippen LogP contribution in [0, 0.1) is 0 Å². The lowest BCUT2D eigenvalue weighted by atomic mass is 10.1. The first-order valence-electron chi connectivity index (χ1n) is 5.14. The molecule has 2 heterocycles. The van der Waals surface area contributed by atoms with E-state index in [0.717, 1.165) is 12.2 Å². The van der Waals surface area contributed by atoms with Gasteiger partial charge in [-0.2, -0.15) is 5.10 Å². The van der Waals surface area contributed by atoms with Crippen molar-refractivity contribution in [1.29, 1.82) is 0 Å². The lowest BCUT2D eigenvalue weighted by Gasteiger charge is -2.02. The molecule has 0 N–H and O–H groups in total. The molecule has 15 heavy (non-hydrogen) atoms. The fourth-order valence-electron chi connectivity index (χ4n) is 1.47. The molecule has 0 fully saturated rings. The standard InChI is InChI=1S/C11H16N4/c1-9(2)10-4-13-15(6-10)7-11-5-12-8-14(11)3/h4-6,8-9H,7H2,1-3H3. The Balaban J connectivity index is 2.15. The molecule has 4 heteroatoms. The second kappa shape index (κ2) is 3.88. The largest absolute Gasteiger partial charge is 0.336 e. The summed E-state index contributed by atoms with van der Waals surface area (Å²) in [5.74, 6) is 0.533. The van der Waals surface area contributed by atoms with Crippen LogP contribution in [0.1, 0.15) is 31.0 Å². The van der Waals surface area contributed by atoms with Gasteiger partial charge in [0.15, 0.2) is 0 Å².